The van der Waals surface area contributed by atoms with Crippen LogP contribution in [0.1, 0.15) is 17.2 Å². The van der Waals surface area contributed by atoms with Gasteiger partial charge in [-0.2, -0.15) is 0 Å². The van der Waals surface area contributed by atoms with Crippen LogP contribution in [-0.2, 0) is 6.42 Å². The number of nitrogens with two attached hydrogens (primary N) is 1. The van der Waals surface area contributed by atoms with E-state index in [0.717, 1.165) is 11.6 Å². The molecule has 0 aliphatic heterocycles. The first kappa shape index (κ1) is 13.0. The summed E-state index contributed by atoms with van der Waals surface area (Å²) in [5, 5.41) is 0.638. The molecule has 2 aromatic rings. The molecule has 0 aromatic heterocycles. The minimum absolute atomic E-state index is 0.271. The van der Waals surface area contributed by atoms with Gasteiger partial charge in [-0.3, -0.25) is 0 Å². The summed E-state index contributed by atoms with van der Waals surface area (Å²) in [6, 6.07) is 10.7. The molecule has 0 saturated carbocycles. The third-order valence-electron chi connectivity index (χ3n) is 2.74. The molecular weight excluding hydrogens is 256 g/mol. The maximum absolute atomic E-state index is 13.1. The van der Waals surface area contributed by atoms with Crippen molar-refractivity contribution in [2.75, 3.05) is 0 Å². The van der Waals surface area contributed by atoms with Crippen LogP contribution in [0.3, 0.4) is 0 Å². The van der Waals surface area contributed by atoms with E-state index in [2.05, 4.69) is 0 Å². The molecule has 0 amide bonds. The molecule has 1 unspecified atom stereocenters. The van der Waals surface area contributed by atoms with Crippen LogP contribution in [0.2, 0.25) is 5.02 Å². The number of hydrogen-bond donors (Lipinski definition) is 1. The van der Waals surface area contributed by atoms with E-state index in [1.165, 1.54) is 12.1 Å². The Morgan fingerprint density at radius 1 is 1.00 bits per heavy atom. The molecule has 0 fully saturated rings. The van der Waals surface area contributed by atoms with Crippen molar-refractivity contribution in [3.63, 3.8) is 0 Å². The lowest BCUT2D eigenvalue weighted by molar-refractivity contribution is 0.506. The summed E-state index contributed by atoms with van der Waals surface area (Å²) in [7, 11) is 0. The van der Waals surface area contributed by atoms with Gasteiger partial charge < -0.3 is 5.73 Å². The van der Waals surface area contributed by atoms with Crippen molar-refractivity contribution in [3.05, 3.63) is 70.2 Å². The maximum Gasteiger partial charge on any atom is 0.159 e. The predicted molar refractivity (Wildman–Crippen MR) is 68.4 cm³/mol. The predicted octanol–water partition coefficient (Wildman–Crippen LogP) is 3.86. The molecule has 1 atom stereocenters. The van der Waals surface area contributed by atoms with Crippen molar-refractivity contribution in [1.29, 1.82) is 0 Å². The highest BCUT2D eigenvalue weighted by Crippen LogP contribution is 2.19. The average molecular weight is 268 g/mol. The molecule has 2 N–H and O–H groups in total. The van der Waals surface area contributed by atoms with Crippen LogP contribution < -0.4 is 5.73 Å². The van der Waals surface area contributed by atoms with Gasteiger partial charge in [0, 0.05) is 11.1 Å². The van der Waals surface area contributed by atoms with Crippen LogP contribution in [0.25, 0.3) is 0 Å². The van der Waals surface area contributed by atoms with Crippen molar-refractivity contribution in [1.82, 2.24) is 0 Å². The molecule has 0 bridgehead atoms. The molecule has 94 valence electrons. The minimum atomic E-state index is -0.851. The van der Waals surface area contributed by atoms with Gasteiger partial charge in [0.25, 0.3) is 0 Å². The Bertz CT molecular complexity index is 540. The van der Waals surface area contributed by atoms with Crippen LogP contribution in [0.15, 0.2) is 42.5 Å². The van der Waals surface area contributed by atoms with Gasteiger partial charge in [0.2, 0.25) is 0 Å². The van der Waals surface area contributed by atoms with Crippen LogP contribution in [-0.4, -0.2) is 0 Å². The van der Waals surface area contributed by atoms with Gasteiger partial charge in [-0.05, 0) is 41.8 Å². The van der Waals surface area contributed by atoms with E-state index in [0.29, 0.717) is 17.0 Å². The van der Waals surface area contributed by atoms with Gasteiger partial charge in [0.1, 0.15) is 0 Å². The minimum Gasteiger partial charge on any atom is -0.324 e. The molecule has 2 aromatic carbocycles. The van der Waals surface area contributed by atoms with Gasteiger partial charge in [0.05, 0.1) is 0 Å². The topological polar surface area (TPSA) is 26.0 Å². The normalized spacial score (nSPS) is 12.4. The van der Waals surface area contributed by atoms with E-state index in [-0.39, 0.29) is 6.04 Å². The summed E-state index contributed by atoms with van der Waals surface area (Å²) in [6.07, 6.45) is 0.443. The smallest absolute Gasteiger partial charge is 0.159 e. The fourth-order valence-corrected chi connectivity index (χ4v) is 1.87. The molecule has 2 rings (SSSR count). The van der Waals surface area contributed by atoms with E-state index in [1.807, 2.05) is 12.1 Å². The molecule has 0 saturated heterocycles. The van der Waals surface area contributed by atoms with Gasteiger partial charge >= 0.3 is 0 Å². The van der Waals surface area contributed by atoms with E-state index < -0.39 is 11.6 Å². The Balaban J connectivity index is 2.13. The Kier molecular flexibility index (Phi) is 3.94. The van der Waals surface area contributed by atoms with Crippen molar-refractivity contribution in [2.24, 2.45) is 5.73 Å². The third-order valence-corrected chi connectivity index (χ3v) is 2.99. The first-order valence-electron chi connectivity index (χ1n) is 5.51. The number of rotatable bonds is 3. The van der Waals surface area contributed by atoms with Crippen LogP contribution in [0.4, 0.5) is 8.78 Å². The molecule has 0 heterocycles. The molecule has 1 nitrogen and oxygen atoms in total. The van der Waals surface area contributed by atoms with Crippen molar-refractivity contribution in [2.45, 2.75) is 12.5 Å². The molecule has 0 spiro atoms. The largest absolute Gasteiger partial charge is 0.324 e. The van der Waals surface area contributed by atoms with E-state index in [9.17, 15) is 8.78 Å². The molecule has 4 heteroatoms. The molecule has 18 heavy (non-hydrogen) atoms. The highest BCUT2D eigenvalue weighted by molar-refractivity contribution is 6.30. The van der Waals surface area contributed by atoms with Crippen molar-refractivity contribution >= 4 is 11.6 Å². The second-order valence-corrected chi connectivity index (χ2v) is 4.55. The zero-order valence-electron chi connectivity index (χ0n) is 9.54. The third kappa shape index (κ3) is 3.06. The molecule has 0 radical (unpaired) electrons. The lowest BCUT2D eigenvalue weighted by Gasteiger charge is -2.12. The summed E-state index contributed by atoms with van der Waals surface area (Å²) in [5.41, 5.74) is 7.58. The first-order chi connectivity index (χ1) is 8.56. The van der Waals surface area contributed by atoms with Crippen LogP contribution in [0, 0.1) is 11.6 Å². The quantitative estimate of drug-likeness (QED) is 0.898. The summed E-state index contributed by atoms with van der Waals surface area (Å²) in [4.78, 5) is 0. The Hall–Kier alpha value is -1.45. The Morgan fingerprint density at radius 2 is 1.67 bits per heavy atom. The fraction of sp³-hybridized carbons (Fsp3) is 0.143. The lowest BCUT2D eigenvalue weighted by atomic mass is 10.00. The summed E-state index contributed by atoms with van der Waals surface area (Å²) in [6.45, 7) is 0. The fourth-order valence-electron chi connectivity index (χ4n) is 1.75. The second-order valence-electron chi connectivity index (χ2n) is 4.11. The van der Waals surface area contributed by atoms with Crippen LogP contribution >= 0.6 is 11.6 Å². The number of halogens is 3. The van der Waals surface area contributed by atoms with Gasteiger partial charge in [-0.1, -0.05) is 29.8 Å². The maximum atomic E-state index is 13.1. The Labute approximate surface area is 109 Å². The molecule has 0 aliphatic carbocycles. The summed E-state index contributed by atoms with van der Waals surface area (Å²) < 4.78 is 25.8. The van der Waals surface area contributed by atoms with Crippen molar-refractivity contribution < 1.29 is 8.78 Å². The summed E-state index contributed by atoms with van der Waals surface area (Å²) in [5.74, 6) is -1.70. The molecular formula is C14H12ClF2N. The average Bonchev–Trinajstić information content (AvgIpc) is 2.34. The zero-order valence-corrected chi connectivity index (χ0v) is 10.3. The zero-order chi connectivity index (χ0) is 13.1. The van der Waals surface area contributed by atoms with Crippen molar-refractivity contribution in [3.8, 4) is 0 Å². The summed E-state index contributed by atoms with van der Waals surface area (Å²) >= 11 is 5.78. The van der Waals surface area contributed by atoms with Gasteiger partial charge in [-0.25, -0.2) is 8.78 Å². The van der Waals surface area contributed by atoms with E-state index >= 15 is 0 Å². The van der Waals surface area contributed by atoms with Crippen LogP contribution in [0.5, 0.6) is 0 Å². The molecule has 0 aliphatic rings. The van der Waals surface area contributed by atoms with E-state index in [4.69, 9.17) is 17.3 Å². The first-order valence-corrected chi connectivity index (χ1v) is 5.89. The SMILES string of the molecule is NC(Cc1ccc(F)c(F)c1)c1ccc(Cl)cc1. The lowest BCUT2D eigenvalue weighted by Crippen LogP contribution is -2.13. The highest BCUT2D eigenvalue weighted by atomic mass is 35.5. The standard InChI is InChI=1S/C14H12ClF2N/c15-11-4-2-10(3-5-11)14(18)8-9-1-6-12(16)13(17)7-9/h1-7,14H,8,18H2. The van der Waals surface area contributed by atoms with Gasteiger partial charge in [-0.15, -0.1) is 0 Å². The van der Waals surface area contributed by atoms with E-state index in [1.54, 1.807) is 12.1 Å². The number of hydrogen-bond acceptors (Lipinski definition) is 1. The Morgan fingerprint density at radius 3 is 2.28 bits per heavy atom. The monoisotopic (exact) mass is 267 g/mol. The second kappa shape index (κ2) is 5.46. The van der Waals surface area contributed by atoms with Gasteiger partial charge in [0.15, 0.2) is 11.6 Å². The highest BCUT2D eigenvalue weighted by Gasteiger charge is 2.09. The number of benzene rings is 2.